The SMILES string of the molecule is Cc1noc(-c2ccc(CC(=O)[C@@H]3[C@H](C4CCCCC4)CCN3C(=O)C3CCC([C@H](N)CF)CC3)cc2)n1. The average Bonchev–Trinajstić information content (AvgIpc) is 3.60. The third-order valence-electron chi connectivity index (χ3n) is 9.32. The highest BCUT2D eigenvalue weighted by molar-refractivity contribution is 5.92. The summed E-state index contributed by atoms with van der Waals surface area (Å²) in [4.78, 5) is 33.9. The first kappa shape index (κ1) is 27.0. The minimum absolute atomic E-state index is 0.0874. The molecule has 1 aromatic heterocycles. The van der Waals surface area contributed by atoms with Crippen LogP contribution in [0.5, 0.6) is 0 Å². The minimum Gasteiger partial charge on any atom is -0.334 e. The Hall–Kier alpha value is -2.61. The highest BCUT2D eigenvalue weighted by Gasteiger charge is 2.46. The molecule has 0 unspecified atom stereocenters. The molecule has 2 aliphatic carbocycles. The highest BCUT2D eigenvalue weighted by Crippen LogP contribution is 2.41. The van der Waals surface area contributed by atoms with E-state index in [1.54, 1.807) is 6.92 Å². The molecule has 7 nitrogen and oxygen atoms in total. The summed E-state index contributed by atoms with van der Waals surface area (Å²) in [6, 6.07) is 6.92. The fourth-order valence-corrected chi connectivity index (χ4v) is 7.17. The molecule has 5 rings (SSSR count). The lowest BCUT2D eigenvalue weighted by Gasteiger charge is -2.37. The van der Waals surface area contributed by atoms with E-state index in [-0.39, 0.29) is 35.5 Å². The number of carbonyl (C=O) groups excluding carboxylic acids is 2. The second kappa shape index (κ2) is 12.1. The normalized spacial score (nSPS) is 27.4. The molecule has 3 aliphatic rings. The Morgan fingerprint density at radius 2 is 1.76 bits per heavy atom. The molecule has 2 heterocycles. The Labute approximate surface area is 224 Å². The van der Waals surface area contributed by atoms with Crippen LogP contribution in [0.25, 0.3) is 11.5 Å². The predicted molar refractivity (Wildman–Crippen MR) is 143 cm³/mol. The van der Waals surface area contributed by atoms with E-state index in [1.165, 1.54) is 19.3 Å². The molecule has 2 N–H and O–H groups in total. The Morgan fingerprint density at radius 1 is 1.05 bits per heavy atom. The number of hydrogen-bond acceptors (Lipinski definition) is 6. The maximum absolute atomic E-state index is 13.9. The lowest BCUT2D eigenvalue weighted by molar-refractivity contribution is -0.143. The molecule has 1 saturated heterocycles. The van der Waals surface area contributed by atoms with E-state index in [4.69, 9.17) is 10.3 Å². The first-order chi connectivity index (χ1) is 18.4. The lowest BCUT2D eigenvalue weighted by atomic mass is 9.75. The van der Waals surface area contributed by atoms with Crippen LogP contribution in [0.1, 0.15) is 75.6 Å². The number of nitrogens with zero attached hydrogens (tertiary/aromatic N) is 3. The number of benzene rings is 1. The van der Waals surface area contributed by atoms with Gasteiger partial charge in [0, 0.05) is 30.5 Å². The Kier molecular flexibility index (Phi) is 8.56. The molecule has 3 atom stereocenters. The van der Waals surface area contributed by atoms with E-state index < -0.39 is 12.7 Å². The summed E-state index contributed by atoms with van der Waals surface area (Å²) in [6.45, 7) is 1.93. The van der Waals surface area contributed by atoms with Crippen molar-refractivity contribution in [2.24, 2.45) is 29.4 Å². The van der Waals surface area contributed by atoms with Gasteiger partial charge in [-0.25, -0.2) is 4.39 Å². The zero-order valence-corrected chi connectivity index (χ0v) is 22.5. The van der Waals surface area contributed by atoms with Crippen molar-refractivity contribution in [1.29, 1.82) is 0 Å². The molecule has 0 radical (unpaired) electrons. The van der Waals surface area contributed by atoms with E-state index >= 15 is 0 Å². The van der Waals surface area contributed by atoms with Crippen molar-refractivity contribution in [3.8, 4) is 11.5 Å². The third kappa shape index (κ3) is 5.85. The Balaban J connectivity index is 1.30. The van der Waals surface area contributed by atoms with Crippen LogP contribution in [-0.4, -0.2) is 52.0 Å². The van der Waals surface area contributed by atoms with Gasteiger partial charge in [-0.05, 0) is 74.5 Å². The average molecular weight is 525 g/mol. The van der Waals surface area contributed by atoms with Crippen molar-refractivity contribution in [3.63, 3.8) is 0 Å². The zero-order chi connectivity index (χ0) is 26.6. The van der Waals surface area contributed by atoms with Crippen molar-refractivity contribution in [2.45, 2.75) is 89.6 Å². The van der Waals surface area contributed by atoms with Crippen molar-refractivity contribution < 1.29 is 18.5 Å². The van der Waals surface area contributed by atoms with Crippen molar-refractivity contribution in [1.82, 2.24) is 15.0 Å². The molecule has 0 spiro atoms. The number of ketones is 1. The van der Waals surface area contributed by atoms with Crippen LogP contribution in [0.3, 0.4) is 0 Å². The van der Waals surface area contributed by atoms with Crippen LogP contribution in [0.4, 0.5) is 4.39 Å². The number of halogens is 1. The third-order valence-corrected chi connectivity index (χ3v) is 9.32. The Bertz CT molecular complexity index is 1090. The van der Waals surface area contributed by atoms with Gasteiger partial charge in [0.25, 0.3) is 5.89 Å². The maximum atomic E-state index is 13.9. The fraction of sp³-hybridized carbons (Fsp3) is 0.667. The largest absolute Gasteiger partial charge is 0.334 e. The van der Waals surface area contributed by atoms with Gasteiger partial charge in [0.05, 0.1) is 6.04 Å². The van der Waals surface area contributed by atoms with Gasteiger partial charge in [-0.3, -0.25) is 9.59 Å². The van der Waals surface area contributed by atoms with Crippen molar-refractivity contribution >= 4 is 11.7 Å². The van der Waals surface area contributed by atoms with Gasteiger partial charge in [0.1, 0.15) is 6.67 Å². The number of nitrogens with two attached hydrogens (primary N) is 1. The number of rotatable bonds is 8. The first-order valence-electron chi connectivity index (χ1n) is 14.5. The molecule has 0 bridgehead atoms. The summed E-state index contributed by atoms with van der Waals surface area (Å²) >= 11 is 0. The van der Waals surface area contributed by atoms with E-state index in [0.717, 1.165) is 56.1 Å². The topological polar surface area (TPSA) is 102 Å². The minimum atomic E-state index is -0.509. The van der Waals surface area contributed by atoms with Gasteiger partial charge in [-0.2, -0.15) is 4.98 Å². The quantitative estimate of drug-likeness (QED) is 0.518. The molecule has 3 fully saturated rings. The fourth-order valence-electron chi connectivity index (χ4n) is 7.17. The molecule has 1 aliphatic heterocycles. The number of Topliss-reactive ketones (excluding diaryl/α,β-unsaturated/α-hetero) is 1. The van der Waals surface area contributed by atoms with Crippen LogP contribution < -0.4 is 5.73 Å². The second-order valence-electron chi connectivity index (χ2n) is 11.7. The molecule has 1 aromatic carbocycles. The van der Waals surface area contributed by atoms with Crippen LogP contribution in [0.15, 0.2) is 28.8 Å². The van der Waals surface area contributed by atoms with Crippen LogP contribution >= 0.6 is 0 Å². The summed E-state index contributed by atoms with van der Waals surface area (Å²) in [5.41, 5.74) is 7.69. The standard InChI is InChI=1S/C30H41FN4O3/c1-19-33-29(38-34-19)23-9-7-20(8-10-23)17-27(36)28-25(21-5-3-2-4-6-21)15-16-35(28)30(37)24-13-11-22(12-14-24)26(32)18-31/h7-10,21-22,24-26,28H,2-6,11-18,32H2,1H3/t22?,24?,25-,26+,28-/m0/s1. The van der Waals surface area contributed by atoms with Gasteiger partial charge in [-0.1, -0.05) is 49.4 Å². The number of aromatic nitrogens is 2. The molecule has 2 aromatic rings. The molecular formula is C30H41FN4O3. The molecule has 8 heteroatoms. The molecular weight excluding hydrogens is 483 g/mol. The van der Waals surface area contributed by atoms with Gasteiger partial charge in [-0.15, -0.1) is 0 Å². The van der Waals surface area contributed by atoms with E-state index in [9.17, 15) is 14.0 Å². The first-order valence-corrected chi connectivity index (χ1v) is 14.5. The number of aryl methyl sites for hydroxylation is 1. The van der Waals surface area contributed by atoms with Crippen molar-refractivity contribution in [3.05, 3.63) is 35.7 Å². The van der Waals surface area contributed by atoms with E-state index in [2.05, 4.69) is 10.1 Å². The number of amides is 1. The van der Waals surface area contributed by atoms with E-state index in [0.29, 0.717) is 30.6 Å². The van der Waals surface area contributed by atoms with Crippen LogP contribution in [-0.2, 0) is 16.0 Å². The summed E-state index contributed by atoms with van der Waals surface area (Å²) in [5.74, 6) is 2.12. The maximum Gasteiger partial charge on any atom is 0.257 e. The molecule has 206 valence electrons. The highest BCUT2D eigenvalue weighted by atomic mass is 19.1. The second-order valence-corrected chi connectivity index (χ2v) is 11.7. The number of alkyl halides is 1. The van der Waals surface area contributed by atoms with Gasteiger partial charge in [0.15, 0.2) is 11.6 Å². The molecule has 1 amide bonds. The van der Waals surface area contributed by atoms with Gasteiger partial charge >= 0.3 is 0 Å². The Morgan fingerprint density at radius 3 is 2.39 bits per heavy atom. The zero-order valence-electron chi connectivity index (χ0n) is 22.5. The summed E-state index contributed by atoms with van der Waals surface area (Å²) in [7, 11) is 0. The van der Waals surface area contributed by atoms with Crippen LogP contribution in [0, 0.1) is 30.6 Å². The molecule has 2 saturated carbocycles. The predicted octanol–water partition coefficient (Wildman–Crippen LogP) is 5.06. The monoisotopic (exact) mass is 524 g/mol. The molecule has 38 heavy (non-hydrogen) atoms. The summed E-state index contributed by atoms with van der Waals surface area (Å²) in [5, 5.41) is 3.85. The summed E-state index contributed by atoms with van der Waals surface area (Å²) in [6.07, 6.45) is 10.2. The van der Waals surface area contributed by atoms with E-state index in [1.807, 2.05) is 29.2 Å². The lowest BCUT2D eigenvalue weighted by Crippen LogP contribution is -2.48. The smallest absolute Gasteiger partial charge is 0.257 e. The van der Waals surface area contributed by atoms with Gasteiger partial charge in [0.2, 0.25) is 5.91 Å². The van der Waals surface area contributed by atoms with Crippen molar-refractivity contribution in [2.75, 3.05) is 13.2 Å². The number of hydrogen-bond donors (Lipinski definition) is 1. The summed E-state index contributed by atoms with van der Waals surface area (Å²) < 4.78 is 18.3. The van der Waals surface area contributed by atoms with Gasteiger partial charge < -0.3 is 15.2 Å². The number of likely N-dealkylation sites (tertiary alicyclic amines) is 1. The van der Waals surface area contributed by atoms with Crippen LogP contribution in [0.2, 0.25) is 0 Å². The number of carbonyl (C=O) groups is 2.